The van der Waals surface area contributed by atoms with Gasteiger partial charge in [-0.2, -0.15) is 0 Å². The molecule has 0 saturated carbocycles. The van der Waals surface area contributed by atoms with E-state index in [2.05, 4.69) is 5.32 Å². The first-order chi connectivity index (χ1) is 14.7. The quantitative estimate of drug-likeness (QED) is 0.402. The minimum atomic E-state index is -0.831. The van der Waals surface area contributed by atoms with Gasteiger partial charge in [0.05, 0.1) is 23.9 Å². The van der Waals surface area contributed by atoms with Gasteiger partial charge in [-0.15, -0.1) is 0 Å². The van der Waals surface area contributed by atoms with E-state index < -0.39 is 17.4 Å². The Bertz CT molecular complexity index is 969. The van der Waals surface area contributed by atoms with Gasteiger partial charge >= 0.3 is 5.97 Å². The molecule has 0 aromatic heterocycles. The maximum Gasteiger partial charge on any atom is 0.308 e. The number of hydrogen-bond acceptors (Lipinski definition) is 5. The van der Waals surface area contributed by atoms with E-state index in [1.165, 1.54) is 6.08 Å². The lowest BCUT2D eigenvalue weighted by atomic mass is 9.88. The van der Waals surface area contributed by atoms with Crippen LogP contribution >= 0.6 is 0 Å². The highest BCUT2D eigenvalue weighted by Gasteiger charge is 2.43. The number of carboxylic acid groups (broad SMARTS) is 1. The third-order valence-corrected chi connectivity index (χ3v) is 5.89. The summed E-state index contributed by atoms with van der Waals surface area (Å²) in [6.45, 7) is 4.76. The van der Waals surface area contributed by atoms with E-state index in [-0.39, 0.29) is 18.4 Å². The fraction of sp³-hybridized carbons (Fsp3) is 0.333. The average molecular weight is 424 g/mol. The van der Waals surface area contributed by atoms with Crippen molar-refractivity contribution in [2.24, 2.45) is 5.92 Å². The first kappa shape index (κ1) is 22.5. The second kappa shape index (κ2) is 9.32. The second-order valence-electron chi connectivity index (χ2n) is 8.50. The van der Waals surface area contributed by atoms with Crippen molar-refractivity contribution in [3.8, 4) is 0 Å². The molecule has 0 aliphatic carbocycles. The van der Waals surface area contributed by atoms with Gasteiger partial charge in [0.15, 0.2) is 0 Å². The zero-order valence-electron chi connectivity index (χ0n) is 17.8. The Morgan fingerprint density at radius 3 is 2.45 bits per heavy atom. The van der Waals surface area contributed by atoms with Crippen LogP contribution < -0.4 is 11.1 Å². The summed E-state index contributed by atoms with van der Waals surface area (Å²) in [6, 6.07) is 14.6. The zero-order valence-corrected chi connectivity index (χ0v) is 17.8. The van der Waals surface area contributed by atoms with Gasteiger partial charge < -0.3 is 21.3 Å². The van der Waals surface area contributed by atoms with Gasteiger partial charge in [0.2, 0.25) is 5.91 Å². The van der Waals surface area contributed by atoms with Crippen LogP contribution in [-0.4, -0.2) is 52.2 Å². The van der Waals surface area contributed by atoms with Crippen LogP contribution in [-0.2, 0) is 9.59 Å². The normalized spacial score (nSPS) is 19.6. The Balaban J connectivity index is 1.69. The summed E-state index contributed by atoms with van der Waals surface area (Å²) in [5.74, 6) is -1.81. The predicted octanol–water partition coefficient (Wildman–Crippen LogP) is 2.79. The van der Waals surface area contributed by atoms with Gasteiger partial charge in [-0.05, 0) is 43.2 Å². The number of amides is 1. The molecule has 2 atom stereocenters. The molecule has 164 valence electrons. The Labute approximate surface area is 182 Å². The highest BCUT2D eigenvalue weighted by molar-refractivity contribution is 6.03. The minimum absolute atomic E-state index is 0.0352. The SMILES string of the molecule is CC(C)(CO)N1C[C@@H](C(=O)O)[C@H](c2ccc(/C=C/C(=O)Nc3ccccc3N)cc2)C1. The summed E-state index contributed by atoms with van der Waals surface area (Å²) in [5, 5.41) is 22.1. The van der Waals surface area contributed by atoms with Crippen LogP contribution in [0.3, 0.4) is 0 Å². The van der Waals surface area contributed by atoms with Crippen molar-refractivity contribution in [2.45, 2.75) is 25.3 Å². The molecule has 1 saturated heterocycles. The van der Waals surface area contributed by atoms with Crippen LogP contribution in [0.15, 0.2) is 54.6 Å². The molecule has 1 amide bonds. The van der Waals surface area contributed by atoms with Gasteiger partial charge in [0.1, 0.15) is 0 Å². The molecule has 0 unspecified atom stereocenters. The molecule has 2 aromatic rings. The maximum absolute atomic E-state index is 12.1. The fourth-order valence-corrected chi connectivity index (χ4v) is 3.80. The Hall–Kier alpha value is -3.16. The molecule has 0 spiro atoms. The number of rotatable bonds is 7. The molecule has 1 aliphatic rings. The molecular weight excluding hydrogens is 394 g/mol. The standard InChI is InChI=1S/C24H29N3O4/c1-24(2,15-28)27-13-18(19(14-27)23(30)31)17-10-7-16(8-11-17)9-12-22(29)26-21-6-4-3-5-20(21)25/h3-12,18-19,28H,13-15,25H2,1-2H3,(H,26,29)(H,30,31)/b12-9+/t18-,19+/m0/s1. The molecule has 1 fully saturated rings. The first-order valence-electron chi connectivity index (χ1n) is 10.2. The van der Waals surface area contributed by atoms with E-state index >= 15 is 0 Å². The topological polar surface area (TPSA) is 116 Å². The zero-order chi connectivity index (χ0) is 22.6. The number of nitrogens with two attached hydrogens (primary N) is 1. The molecule has 0 radical (unpaired) electrons. The number of carboxylic acids is 1. The van der Waals surface area contributed by atoms with Crippen molar-refractivity contribution in [1.82, 2.24) is 4.90 Å². The number of para-hydroxylation sites is 2. The van der Waals surface area contributed by atoms with Crippen molar-refractivity contribution in [1.29, 1.82) is 0 Å². The van der Waals surface area contributed by atoms with E-state index in [1.807, 2.05) is 43.0 Å². The molecule has 31 heavy (non-hydrogen) atoms. The number of aliphatic hydroxyl groups excluding tert-OH is 1. The molecule has 7 nitrogen and oxygen atoms in total. The Morgan fingerprint density at radius 2 is 1.84 bits per heavy atom. The van der Waals surface area contributed by atoms with Crippen LogP contribution in [0.2, 0.25) is 0 Å². The monoisotopic (exact) mass is 423 g/mol. The number of nitrogen functional groups attached to an aromatic ring is 1. The molecule has 3 rings (SSSR count). The van der Waals surface area contributed by atoms with Gasteiger partial charge in [-0.3, -0.25) is 14.5 Å². The van der Waals surface area contributed by atoms with Gasteiger partial charge in [0, 0.05) is 30.6 Å². The number of aliphatic hydroxyl groups is 1. The van der Waals surface area contributed by atoms with Gasteiger partial charge in [0.25, 0.3) is 0 Å². The Morgan fingerprint density at radius 1 is 1.16 bits per heavy atom. The predicted molar refractivity (Wildman–Crippen MR) is 122 cm³/mol. The smallest absolute Gasteiger partial charge is 0.308 e. The lowest BCUT2D eigenvalue weighted by Gasteiger charge is -2.33. The molecule has 2 aromatic carbocycles. The van der Waals surface area contributed by atoms with Crippen molar-refractivity contribution in [2.75, 3.05) is 30.7 Å². The molecule has 5 N–H and O–H groups in total. The number of carbonyl (C=O) groups is 2. The van der Waals surface area contributed by atoms with Gasteiger partial charge in [-0.1, -0.05) is 36.4 Å². The summed E-state index contributed by atoms with van der Waals surface area (Å²) in [7, 11) is 0. The van der Waals surface area contributed by atoms with Crippen LogP contribution in [0.1, 0.15) is 30.9 Å². The van der Waals surface area contributed by atoms with Crippen LogP contribution in [0.4, 0.5) is 11.4 Å². The van der Waals surface area contributed by atoms with E-state index in [0.717, 1.165) is 11.1 Å². The lowest BCUT2D eigenvalue weighted by Crippen LogP contribution is -2.45. The third kappa shape index (κ3) is 5.31. The summed E-state index contributed by atoms with van der Waals surface area (Å²) in [4.78, 5) is 26.0. The number of carbonyl (C=O) groups excluding carboxylic acids is 1. The number of nitrogens with one attached hydrogen (secondary N) is 1. The summed E-state index contributed by atoms with van der Waals surface area (Å²) >= 11 is 0. The van der Waals surface area contributed by atoms with E-state index in [4.69, 9.17) is 5.73 Å². The number of benzene rings is 2. The maximum atomic E-state index is 12.1. The van der Waals surface area contributed by atoms with E-state index in [0.29, 0.717) is 24.5 Å². The van der Waals surface area contributed by atoms with Crippen molar-refractivity contribution >= 4 is 29.3 Å². The van der Waals surface area contributed by atoms with Crippen LogP contribution in [0.25, 0.3) is 6.08 Å². The second-order valence-corrected chi connectivity index (χ2v) is 8.50. The van der Waals surface area contributed by atoms with Crippen LogP contribution in [0, 0.1) is 5.92 Å². The molecule has 7 heteroatoms. The van der Waals surface area contributed by atoms with Crippen LogP contribution in [0.5, 0.6) is 0 Å². The largest absolute Gasteiger partial charge is 0.481 e. The summed E-state index contributed by atoms with van der Waals surface area (Å²) in [6.07, 6.45) is 3.13. The fourth-order valence-electron chi connectivity index (χ4n) is 3.80. The third-order valence-electron chi connectivity index (χ3n) is 5.89. The number of aliphatic carboxylic acids is 1. The average Bonchev–Trinajstić information content (AvgIpc) is 3.21. The number of anilines is 2. The molecule has 0 bridgehead atoms. The number of hydrogen-bond donors (Lipinski definition) is 4. The minimum Gasteiger partial charge on any atom is -0.481 e. The van der Waals surface area contributed by atoms with Crippen molar-refractivity contribution < 1.29 is 19.8 Å². The molecular formula is C24H29N3O4. The molecule has 1 heterocycles. The highest BCUT2D eigenvalue weighted by atomic mass is 16.4. The van der Waals surface area contributed by atoms with E-state index in [9.17, 15) is 19.8 Å². The van der Waals surface area contributed by atoms with Gasteiger partial charge in [-0.25, -0.2) is 0 Å². The number of nitrogens with zero attached hydrogens (tertiary/aromatic N) is 1. The first-order valence-corrected chi connectivity index (χ1v) is 10.2. The van der Waals surface area contributed by atoms with Crippen molar-refractivity contribution in [3.05, 3.63) is 65.7 Å². The lowest BCUT2D eigenvalue weighted by molar-refractivity contribution is -0.141. The molecule has 1 aliphatic heterocycles. The summed E-state index contributed by atoms with van der Waals surface area (Å²) < 4.78 is 0. The van der Waals surface area contributed by atoms with E-state index in [1.54, 1.807) is 30.3 Å². The van der Waals surface area contributed by atoms with Crippen molar-refractivity contribution in [3.63, 3.8) is 0 Å². The Kier molecular flexibility index (Phi) is 6.77. The summed E-state index contributed by atoms with van der Waals surface area (Å²) in [5.41, 5.74) is 8.18. The number of likely N-dealkylation sites (tertiary alicyclic amines) is 1. The highest BCUT2D eigenvalue weighted by Crippen LogP contribution is 2.36.